The molecule has 0 amide bonds. The van der Waals surface area contributed by atoms with Gasteiger partial charge in [-0.1, -0.05) is 18.2 Å². The molecule has 4 heteroatoms. The van der Waals surface area contributed by atoms with E-state index < -0.39 is 16.1 Å². The molecule has 0 aromatic heterocycles. The summed E-state index contributed by atoms with van der Waals surface area (Å²) in [4.78, 5) is 0. The second kappa shape index (κ2) is 5.02. The van der Waals surface area contributed by atoms with Gasteiger partial charge in [0.05, 0.1) is 0 Å². The van der Waals surface area contributed by atoms with Gasteiger partial charge in [0.1, 0.15) is 0 Å². The van der Waals surface area contributed by atoms with Crippen LogP contribution in [-0.4, -0.2) is 17.6 Å². The Bertz CT molecular complexity index is 507. The van der Waals surface area contributed by atoms with Crippen molar-refractivity contribution in [2.45, 2.75) is 44.3 Å². The van der Waals surface area contributed by atoms with Crippen LogP contribution in [0.1, 0.15) is 43.4 Å². The van der Waals surface area contributed by atoms with E-state index in [0.717, 1.165) is 19.5 Å². The summed E-state index contributed by atoms with van der Waals surface area (Å²) >= 11 is -1.35. The second-order valence-corrected chi connectivity index (χ2v) is 8.47. The van der Waals surface area contributed by atoms with Crippen molar-refractivity contribution in [3.8, 4) is 0 Å². The number of nitrogens with two attached hydrogens (primary N) is 1. The van der Waals surface area contributed by atoms with E-state index in [1.807, 2.05) is 13.8 Å². The molecule has 1 aliphatic carbocycles. The Morgan fingerprint density at radius 3 is 2.60 bits per heavy atom. The molecular formula is C16H24N2OS. The Morgan fingerprint density at radius 2 is 1.95 bits per heavy atom. The molecule has 1 aliphatic heterocycles. The average molecular weight is 292 g/mol. The van der Waals surface area contributed by atoms with E-state index in [2.05, 4.69) is 23.5 Å². The smallest absolute Gasteiger partial charge is 0.164 e. The molecule has 3 nitrogen and oxygen atoms in total. The summed E-state index contributed by atoms with van der Waals surface area (Å²) in [7, 11) is 0. The zero-order chi connectivity index (χ0) is 14.4. The molecule has 0 bridgehead atoms. The maximum absolute atomic E-state index is 11.9. The van der Waals surface area contributed by atoms with Gasteiger partial charge in [-0.3, -0.25) is 0 Å². The van der Waals surface area contributed by atoms with E-state index in [-0.39, 0.29) is 0 Å². The number of hydrogen-bond acceptors (Lipinski definition) is 3. The van der Waals surface area contributed by atoms with Crippen molar-refractivity contribution < 1.29 is 4.55 Å². The van der Waals surface area contributed by atoms with E-state index in [0.29, 0.717) is 5.41 Å². The van der Waals surface area contributed by atoms with Gasteiger partial charge in [-0.2, -0.15) is 5.14 Å². The molecule has 1 fully saturated rings. The van der Waals surface area contributed by atoms with Crippen molar-refractivity contribution in [3.63, 3.8) is 0 Å². The van der Waals surface area contributed by atoms with Gasteiger partial charge in [0.15, 0.2) is 4.75 Å². The molecule has 1 saturated heterocycles. The first-order valence-corrected chi connectivity index (χ1v) is 8.64. The summed E-state index contributed by atoms with van der Waals surface area (Å²) in [6.45, 7) is 6.23. The first kappa shape index (κ1) is 14.4. The van der Waals surface area contributed by atoms with Gasteiger partial charge in [-0.05, 0) is 69.2 Å². The van der Waals surface area contributed by atoms with Crippen molar-refractivity contribution in [3.05, 3.63) is 34.9 Å². The van der Waals surface area contributed by atoms with Crippen LogP contribution in [0.4, 0.5) is 0 Å². The van der Waals surface area contributed by atoms with Gasteiger partial charge in [-0.25, -0.2) is 0 Å². The zero-order valence-corrected chi connectivity index (χ0v) is 13.2. The first-order chi connectivity index (χ1) is 9.45. The van der Waals surface area contributed by atoms with Crippen LogP contribution in [0.5, 0.6) is 0 Å². The highest BCUT2D eigenvalue weighted by Gasteiger charge is 2.43. The number of benzene rings is 1. The second-order valence-electron chi connectivity index (χ2n) is 6.85. The predicted molar refractivity (Wildman–Crippen MR) is 83.7 cm³/mol. The van der Waals surface area contributed by atoms with Crippen LogP contribution >= 0.6 is 0 Å². The minimum atomic E-state index is -1.35. The van der Waals surface area contributed by atoms with E-state index in [1.165, 1.54) is 36.0 Å². The lowest BCUT2D eigenvalue weighted by atomic mass is 9.76. The third-order valence-electron chi connectivity index (χ3n) is 5.21. The molecule has 1 atom stereocenters. The van der Waals surface area contributed by atoms with Crippen molar-refractivity contribution in [2.75, 3.05) is 13.1 Å². The van der Waals surface area contributed by atoms with Gasteiger partial charge >= 0.3 is 0 Å². The minimum absolute atomic E-state index is 0.426. The quantitative estimate of drug-likeness (QED) is 0.820. The minimum Gasteiger partial charge on any atom is -0.598 e. The Morgan fingerprint density at radius 1 is 1.25 bits per heavy atom. The molecule has 110 valence electrons. The van der Waals surface area contributed by atoms with E-state index in [1.54, 1.807) is 0 Å². The lowest BCUT2D eigenvalue weighted by molar-refractivity contribution is 0.215. The molecule has 2 aliphatic rings. The topological polar surface area (TPSA) is 61.1 Å². The molecule has 0 saturated carbocycles. The van der Waals surface area contributed by atoms with Crippen LogP contribution in [0.3, 0.4) is 0 Å². The molecule has 1 spiro atoms. The zero-order valence-electron chi connectivity index (χ0n) is 12.4. The van der Waals surface area contributed by atoms with Crippen LogP contribution in [0.2, 0.25) is 0 Å². The van der Waals surface area contributed by atoms with E-state index in [9.17, 15) is 4.55 Å². The normalized spacial score (nSPS) is 22.8. The fraction of sp³-hybridized carbons (Fsp3) is 0.625. The van der Waals surface area contributed by atoms with Gasteiger partial charge in [0.25, 0.3) is 0 Å². The van der Waals surface area contributed by atoms with Crippen molar-refractivity contribution in [2.24, 2.45) is 10.6 Å². The van der Waals surface area contributed by atoms with Crippen LogP contribution in [-0.2, 0) is 29.0 Å². The predicted octanol–water partition coefficient (Wildman–Crippen LogP) is 2.01. The van der Waals surface area contributed by atoms with Crippen LogP contribution in [0.25, 0.3) is 0 Å². The van der Waals surface area contributed by atoms with Crippen molar-refractivity contribution in [1.29, 1.82) is 0 Å². The maximum Gasteiger partial charge on any atom is 0.164 e. The van der Waals surface area contributed by atoms with Crippen molar-refractivity contribution >= 4 is 11.4 Å². The van der Waals surface area contributed by atoms with Crippen molar-refractivity contribution in [1.82, 2.24) is 5.32 Å². The summed E-state index contributed by atoms with van der Waals surface area (Å²) in [5.74, 6) is 0. The van der Waals surface area contributed by atoms with Gasteiger partial charge in [-0.15, -0.1) is 0 Å². The summed E-state index contributed by atoms with van der Waals surface area (Å²) in [6, 6.07) is 6.46. The van der Waals surface area contributed by atoms with Gasteiger partial charge < -0.3 is 9.87 Å². The maximum atomic E-state index is 11.9. The van der Waals surface area contributed by atoms with Crippen LogP contribution in [0, 0.1) is 5.41 Å². The molecule has 3 N–H and O–H groups in total. The Hall–Kier alpha value is -0.550. The molecule has 20 heavy (non-hydrogen) atoms. The van der Waals surface area contributed by atoms with E-state index >= 15 is 0 Å². The molecule has 3 rings (SSSR count). The number of nitrogens with one attached hydrogen (secondary N) is 1. The SMILES string of the molecule is CC(C)(c1cccc2c1CC1(CCNCC1)C2)[S@+](N)[O-]. The van der Waals surface area contributed by atoms with Gasteiger partial charge in [0, 0.05) is 16.9 Å². The Balaban J connectivity index is 1.98. The number of fused-ring (bicyclic) bond motifs is 1. The molecule has 1 heterocycles. The summed E-state index contributed by atoms with van der Waals surface area (Å²) in [5, 5.41) is 9.19. The van der Waals surface area contributed by atoms with E-state index in [4.69, 9.17) is 5.14 Å². The monoisotopic (exact) mass is 292 g/mol. The third-order valence-corrected chi connectivity index (χ3v) is 6.43. The van der Waals surface area contributed by atoms with Gasteiger partial charge in [0.2, 0.25) is 0 Å². The highest BCUT2D eigenvalue weighted by atomic mass is 32.2. The number of rotatable bonds is 2. The average Bonchev–Trinajstić information content (AvgIpc) is 2.76. The summed E-state index contributed by atoms with van der Waals surface area (Å²) in [6.07, 6.45) is 4.78. The summed E-state index contributed by atoms with van der Waals surface area (Å²) < 4.78 is 11.4. The lowest BCUT2D eigenvalue weighted by Gasteiger charge is -2.34. The number of hydrogen-bond donors (Lipinski definition) is 2. The molecule has 1 aromatic carbocycles. The fourth-order valence-electron chi connectivity index (χ4n) is 3.83. The first-order valence-electron chi connectivity index (χ1n) is 7.43. The lowest BCUT2D eigenvalue weighted by Crippen LogP contribution is -2.38. The largest absolute Gasteiger partial charge is 0.598 e. The number of piperidine rings is 1. The molecule has 0 radical (unpaired) electrons. The van der Waals surface area contributed by atoms with Crippen LogP contribution in [0.15, 0.2) is 18.2 Å². The fourth-order valence-corrected chi connectivity index (χ4v) is 4.24. The highest BCUT2D eigenvalue weighted by Crippen LogP contribution is 2.46. The standard InChI is InChI=1S/C16H24N2OS/c1-15(2,20(17)19)14-5-3-4-12-10-16(11-13(12)14)6-8-18-9-7-16/h3-5,18H,6-11,17H2,1-2H3/t20-/m1/s1. The molecule has 1 aromatic rings. The van der Waals surface area contributed by atoms with Crippen LogP contribution < -0.4 is 10.5 Å². The third kappa shape index (κ3) is 2.29. The Kier molecular flexibility index (Phi) is 3.61. The molecular weight excluding hydrogens is 268 g/mol. The Labute approximate surface area is 124 Å². The summed E-state index contributed by atoms with van der Waals surface area (Å²) in [5.41, 5.74) is 4.47. The highest BCUT2D eigenvalue weighted by molar-refractivity contribution is 7.90. The molecule has 0 unspecified atom stereocenters.